The number of nitrogens with zero attached hydrogens (tertiary/aromatic N) is 1. The number of aromatic nitrogens is 1. The Labute approximate surface area is 101 Å². The number of rotatable bonds is 6. The van der Waals surface area contributed by atoms with E-state index in [1.807, 2.05) is 0 Å². The Morgan fingerprint density at radius 1 is 1.65 bits per heavy atom. The molecule has 1 heterocycles. The largest absolute Gasteiger partial charge is 0.478 e. The minimum Gasteiger partial charge on any atom is -0.478 e. The molecular weight excluding hydrogens is 220 g/mol. The topological polar surface area (TPSA) is 85.4 Å². The first-order valence-electron chi connectivity index (χ1n) is 5.66. The maximum Gasteiger partial charge on any atom is 0.338 e. The summed E-state index contributed by atoms with van der Waals surface area (Å²) < 4.78 is 5.44. The van der Waals surface area contributed by atoms with E-state index >= 15 is 0 Å². The average molecular weight is 238 g/mol. The van der Waals surface area contributed by atoms with Crippen LogP contribution in [0.3, 0.4) is 0 Å². The molecule has 3 N–H and O–H groups in total. The summed E-state index contributed by atoms with van der Waals surface area (Å²) >= 11 is 0. The third-order valence-electron chi connectivity index (χ3n) is 2.44. The molecule has 0 aliphatic heterocycles. The molecule has 0 saturated heterocycles. The minimum atomic E-state index is -1.07. The van der Waals surface area contributed by atoms with Gasteiger partial charge in [0, 0.05) is 6.07 Å². The lowest BCUT2D eigenvalue weighted by atomic mass is 10.1. The lowest BCUT2D eigenvalue weighted by Gasteiger charge is -2.11. The van der Waals surface area contributed by atoms with E-state index in [4.69, 9.17) is 15.6 Å². The minimum absolute atomic E-state index is 0.0261. The average Bonchev–Trinajstić information content (AvgIpc) is 2.28. The van der Waals surface area contributed by atoms with Crippen LogP contribution in [0.25, 0.3) is 0 Å². The van der Waals surface area contributed by atoms with Crippen molar-refractivity contribution >= 4 is 11.7 Å². The molecule has 5 heteroatoms. The lowest BCUT2D eigenvalue weighted by Crippen LogP contribution is -2.10. The Balaban J connectivity index is 2.66. The number of hydrogen-bond donors (Lipinski definition) is 2. The molecule has 0 amide bonds. The van der Waals surface area contributed by atoms with E-state index in [1.165, 1.54) is 12.3 Å². The number of ether oxygens (including phenoxy) is 1. The summed E-state index contributed by atoms with van der Waals surface area (Å²) in [5.41, 5.74) is 5.67. The zero-order valence-corrected chi connectivity index (χ0v) is 10.1. The van der Waals surface area contributed by atoms with Crippen LogP contribution in [0.4, 0.5) is 5.69 Å². The number of nitrogens with two attached hydrogens (primary N) is 1. The van der Waals surface area contributed by atoms with Gasteiger partial charge in [-0.2, -0.15) is 0 Å². The molecule has 1 rings (SSSR count). The number of carboxylic acid groups (broad SMARTS) is 1. The predicted octanol–water partition coefficient (Wildman–Crippen LogP) is 2.18. The highest BCUT2D eigenvalue weighted by atomic mass is 16.5. The first-order valence-corrected chi connectivity index (χ1v) is 5.66. The van der Waals surface area contributed by atoms with Gasteiger partial charge in [-0.3, -0.25) is 0 Å². The number of nitrogen functional groups attached to an aromatic ring is 1. The normalized spacial score (nSPS) is 12.1. The summed E-state index contributed by atoms with van der Waals surface area (Å²) in [5.74, 6) is -0.344. The predicted molar refractivity (Wildman–Crippen MR) is 65.2 cm³/mol. The van der Waals surface area contributed by atoms with Crippen LogP contribution >= 0.6 is 0 Å². The molecule has 1 aromatic heterocycles. The van der Waals surface area contributed by atoms with Crippen LogP contribution in [0.2, 0.25) is 0 Å². The Morgan fingerprint density at radius 2 is 2.35 bits per heavy atom. The smallest absolute Gasteiger partial charge is 0.338 e. The van der Waals surface area contributed by atoms with Crippen molar-refractivity contribution in [1.29, 1.82) is 0 Å². The molecule has 0 aromatic carbocycles. The molecule has 0 spiro atoms. The van der Waals surface area contributed by atoms with Crippen LogP contribution in [0.15, 0.2) is 12.3 Å². The molecule has 0 aliphatic rings. The van der Waals surface area contributed by atoms with Crippen molar-refractivity contribution in [3.05, 3.63) is 17.8 Å². The summed E-state index contributed by atoms with van der Waals surface area (Å²) in [6, 6.07) is 1.36. The lowest BCUT2D eigenvalue weighted by molar-refractivity contribution is 0.0697. The Bertz CT molecular complexity index is 393. The number of carboxylic acids is 1. The second kappa shape index (κ2) is 6.08. The van der Waals surface area contributed by atoms with Gasteiger partial charge in [0.05, 0.1) is 24.1 Å². The fraction of sp³-hybridized carbons (Fsp3) is 0.500. The van der Waals surface area contributed by atoms with Crippen molar-refractivity contribution < 1.29 is 14.6 Å². The van der Waals surface area contributed by atoms with E-state index in [0.717, 1.165) is 12.8 Å². The van der Waals surface area contributed by atoms with Crippen molar-refractivity contribution in [2.45, 2.75) is 26.7 Å². The molecule has 1 aromatic rings. The molecule has 17 heavy (non-hydrogen) atoms. The monoisotopic (exact) mass is 238 g/mol. The quantitative estimate of drug-likeness (QED) is 0.793. The van der Waals surface area contributed by atoms with Gasteiger partial charge >= 0.3 is 5.97 Å². The standard InChI is InChI=1S/C12H18N2O3/c1-3-4-8(2)7-17-11-5-9(12(15)16)10(13)6-14-11/h5-6,8H,3-4,7,13H2,1-2H3,(H,15,16). The van der Waals surface area contributed by atoms with E-state index in [1.54, 1.807) is 0 Å². The van der Waals surface area contributed by atoms with Gasteiger partial charge in [0.25, 0.3) is 0 Å². The van der Waals surface area contributed by atoms with Crippen molar-refractivity contribution in [3.8, 4) is 5.88 Å². The third kappa shape index (κ3) is 3.94. The van der Waals surface area contributed by atoms with Crippen molar-refractivity contribution in [2.75, 3.05) is 12.3 Å². The highest BCUT2D eigenvalue weighted by Crippen LogP contribution is 2.17. The van der Waals surface area contributed by atoms with Gasteiger partial charge in [-0.15, -0.1) is 0 Å². The van der Waals surface area contributed by atoms with E-state index in [0.29, 0.717) is 18.4 Å². The summed E-state index contributed by atoms with van der Waals surface area (Å²) in [7, 11) is 0. The van der Waals surface area contributed by atoms with Crippen LogP contribution in [0, 0.1) is 5.92 Å². The zero-order chi connectivity index (χ0) is 12.8. The second-order valence-corrected chi connectivity index (χ2v) is 4.12. The van der Waals surface area contributed by atoms with Crippen molar-refractivity contribution in [1.82, 2.24) is 4.98 Å². The highest BCUT2D eigenvalue weighted by molar-refractivity contribution is 5.93. The molecular formula is C12H18N2O3. The van der Waals surface area contributed by atoms with Crippen molar-refractivity contribution in [2.24, 2.45) is 5.92 Å². The van der Waals surface area contributed by atoms with Crippen LogP contribution in [-0.4, -0.2) is 22.7 Å². The van der Waals surface area contributed by atoms with E-state index in [-0.39, 0.29) is 11.3 Å². The molecule has 0 radical (unpaired) electrons. The maximum absolute atomic E-state index is 10.9. The van der Waals surface area contributed by atoms with Crippen LogP contribution in [-0.2, 0) is 0 Å². The molecule has 0 aliphatic carbocycles. The second-order valence-electron chi connectivity index (χ2n) is 4.12. The SMILES string of the molecule is CCCC(C)COc1cc(C(=O)O)c(N)cn1. The molecule has 0 saturated carbocycles. The van der Waals surface area contributed by atoms with Gasteiger partial charge in [0.2, 0.25) is 5.88 Å². The van der Waals surface area contributed by atoms with Crippen LogP contribution < -0.4 is 10.5 Å². The van der Waals surface area contributed by atoms with E-state index < -0.39 is 5.97 Å². The number of aromatic carboxylic acids is 1. The molecule has 0 bridgehead atoms. The Hall–Kier alpha value is -1.78. The molecule has 5 nitrogen and oxygen atoms in total. The first-order chi connectivity index (χ1) is 8.04. The van der Waals surface area contributed by atoms with Crippen molar-refractivity contribution in [3.63, 3.8) is 0 Å². The molecule has 1 unspecified atom stereocenters. The molecule has 94 valence electrons. The zero-order valence-electron chi connectivity index (χ0n) is 10.1. The van der Waals surface area contributed by atoms with Gasteiger partial charge in [-0.05, 0) is 12.3 Å². The van der Waals surface area contributed by atoms with Gasteiger partial charge in [-0.25, -0.2) is 9.78 Å². The fourth-order valence-corrected chi connectivity index (χ4v) is 1.51. The Kier molecular flexibility index (Phi) is 4.75. The van der Waals surface area contributed by atoms with E-state index in [9.17, 15) is 4.79 Å². The first kappa shape index (κ1) is 13.3. The van der Waals surface area contributed by atoms with E-state index in [2.05, 4.69) is 18.8 Å². The summed E-state index contributed by atoms with van der Waals surface area (Å²) in [6.07, 6.45) is 3.48. The molecule has 1 atom stereocenters. The molecule has 0 fully saturated rings. The number of pyridine rings is 1. The number of anilines is 1. The number of hydrogen-bond acceptors (Lipinski definition) is 4. The van der Waals surface area contributed by atoms with Crippen LogP contribution in [0.1, 0.15) is 37.0 Å². The third-order valence-corrected chi connectivity index (χ3v) is 2.44. The van der Waals surface area contributed by atoms with Gasteiger partial charge in [0.15, 0.2) is 0 Å². The summed E-state index contributed by atoms with van der Waals surface area (Å²) in [6.45, 7) is 4.73. The van der Waals surface area contributed by atoms with Gasteiger partial charge in [0.1, 0.15) is 0 Å². The van der Waals surface area contributed by atoms with Gasteiger partial charge < -0.3 is 15.6 Å². The summed E-state index contributed by atoms with van der Waals surface area (Å²) in [4.78, 5) is 14.8. The fourth-order valence-electron chi connectivity index (χ4n) is 1.51. The summed E-state index contributed by atoms with van der Waals surface area (Å²) in [5, 5.41) is 8.89. The van der Waals surface area contributed by atoms with Crippen LogP contribution in [0.5, 0.6) is 5.88 Å². The van der Waals surface area contributed by atoms with Gasteiger partial charge in [-0.1, -0.05) is 20.3 Å². The Morgan fingerprint density at radius 3 is 2.94 bits per heavy atom. The highest BCUT2D eigenvalue weighted by Gasteiger charge is 2.11. The number of carbonyl (C=O) groups is 1. The maximum atomic E-state index is 10.9.